The van der Waals surface area contributed by atoms with Crippen molar-refractivity contribution < 1.29 is 17.9 Å². The standard InChI is InChI=1S/C16H11ClF3N3O2/c1-22-8-10(7-21-22)13-9-23(15(24)6-14(13)17)11-2-4-12(5-3-11)25-16(18,19)20/h2-9H,1H3. The summed E-state index contributed by atoms with van der Waals surface area (Å²) in [6.07, 6.45) is 0.0694. The van der Waals surface area contributed by atoms with Gasteiger partial charge in [0.25, 0.3) is 5.56 Å². The van der Waals surface area contributed by atoms with Gasteiger partial charge in [-0.25, -0.2) is 0 Å². The second-order valence-electron chi connectivity index (χ2n) is 5.19. The quantitative estimate of drug-likeness (QED) is 0.705. The van der Waals surface area contributed by atoms with Crippen molar-refractivity contribution in [1.82, 2.24) is 14.3 Å². The Morgan fingerprint density at radius 3 is 2.40 bits per heavy atom. The molecule has 0 aliphatic rings. The Labute approximate surface area is 144 Å². The van der Waals surface area contributed by atoms with Gasteiger partial charge in [0.2, 0.25) is 0 Å². The fraction of sp³-hybridized carbons (Fsp3) is 0.125. The molecule has 2 aromatic heterocycles. The first kappa shape index (κ1) is 17.1. The summed E-state index contributed by atoms with van der Waals surface area (Å²) < 4.78 is 43.3. The second-order valence-corrected chi connectivity index (χ2v) is 5.59. The predicted molar refractivity (Wildman–Crippen MR) is 85.9 cm³/mol. The molecule has 0 saturated carbocycles. The van der Waals surface area contributed by atoms with Crippen LogP contribution in [0.2, 0.25) is 5.02 Å². The maximum absolute atomic E-state index is 12.2. The van der Waals surface area contributed by atoms with E-state index in [4.69, 9.17) is 11.6 Å². The lowest BCUT2D eigenvalue weighted by Gasteiger charge is -2.11. The largest absolute Gasteiger partial charge is 0.573 e. The molecule has 0 radical (unpaired) electrons. The lowest BCUT2D eigenvalue weighted by Crippen LogP contribution is -2.18. The van der Waals surface area contributed by atoms with E-state index >= 15 is 0 Å². The Bertz CT molecular complexity index is 962. The first-order valence-corrected chi connectivity index (χ1v) is 7.38. The fourth-order valence-corrected chi connectivity index (χ4v) is 2.54. The lowest BCUT2D eigenvalue weighted by atomic mass is 10.1. The predicted octanol–water partition coefficient (Wildman–Crippen LogP) is 3.79. The van der Waals surface area contributed by atoms with Crippen molar-refractivity contribution in [2.24, 2.45) is 7.05 Å². The van der Waals surface area contributed by atoms with Gasteiger partial charge in [-0.2, -0.15) is 5.10 Å². The third-order valence-corrected chi connectivity index (χ3v) is 3.68. The monoisotopic (exact) mass is 369 g/mol. The summed E-state index contributed by atoms with van der Waals surface area (Å²) >= 11 is 6.14. The van der Waals surface area contributed by atoms with Crippen molar-refractivity contribution >= 4 is 11.6 Å². The van der Waals surface area contributed by atoms with Crippen LogP contribution in [0, 0.1) is 0 Å². The van der Waals surface area contributed by atoms with Crippen LogP contribution >= 0.6 is 11.6 Å². The van der Waals surface area contributed by atoms with Crippen LogP contribution in [0.4, 0.5) is 13.2 Å². The number of ether oxygens (including phenoxy) is 1. The number of aryl methyl sites for hydroxylation is 1. The highest BCUT2D eigenvalue weighted by Crippen LogP contribution is 2.27. The third-order valence-electron chi connectivity index (χ3n) is 3.37. The van der Waals surface area contributed by atoms with E-state index in [0.29, 0.717) is 16.8 Å². The molecule has 0 bridgehead atoms. The summed E-state index contributed by atoms with van der Waals surface area (Å²) in [6, 6.07) is 6.21. The van der Waals surface area contributed by atoms with Gasteiger partial charge in [0.15, 0.2) is 0 Å². The van der Waals surface area contributed by atoms with Crippen LogP contribution in [0.1, 0.15) is 0 Å². The van der Waals surface area contributed by atoms with E-state index in [1.165, 1.54) is 29.0 Å². The number of aromatic nitrogens is 3. The smallest absolute Gasteiger partial charge is 0.406 e. The molecule has 0 fully saturated rings. The number of alkyl halides is 3. The summed E-state index contributed by atoms with van der Waals surface area (Å²) in [6.45, 7) is 0. The fourth-order valence-electron chi connectivity index (χ4n) is 2.29. The van der Waals surface area contributed by atoms with Crippen LogP contribution < -0.4 is 10.3 Å². The zero-order valence-corrected chi connectivity index (χ0v) is 13.5. The minimum Gasteiger partial charge on any atom is -0.406 e. The summed E-state index contributed by atoms with van der Waals surface area (Å²) in [5, 5.41) is 4.31. The van der Waals surface area contributed by atoms with Crippen LogP contribution in [0.15, 0.2) is 53.7 Å². The van der Waals surface area contributed by atoms with Gasteiger partial charge < -0.3 is 4.74 Å². The molecule has 0 saturated heterocycles. The molecule has 0 amide bonds. The summed E-state index contributed by atoms with van der Waals surface area (Å²) in [5.74, 6) is -0.370. The molecule has 0 spiro atoms. The molecule has 3 aromatic rings. The highest BCUT2D eigenvalue weighted by Gasteiger charge is 2.31. The molecular formula is C16H11ClF3N3O2. The first-order valence-electron chi connectivity index (χ1n) is 7.00. The average molecular weight is 370 g/mol. The third kappa shape index (κ3) is 3.85. The van der Waals surface area contributed by atoms with Crippen molar-refractivity contribution in [2.75, 3.05) is 0 Å². The molecule has 0 aliphatic heterocycles. The highest BCUT2D eigenvalue weighted by atomic mass is 35.5. The lowest BCUT2D eigenvalue weighted by molar-refractivity contribution is -0.274. The molecular weight excluding hydrogens is 359 g/mol. The van der Waals surface area contributed by atoms with E-state index in [1.807, 2.05) is 0 Å². The number of rotatable bonds is 3. The Hall–Kier alpha value is -2.74. The molecule has 9 heteroatoms. The van der Waals surface area contributed by atoms with Crippen molar-refractivity contribution in [3.05, 3.63) is 64.3 Å². The number of halogens is 4. The van der Waals surface area contributed by atoms with Crippen molar-refractivity contribution in [2.45, 2.75) is 6.36 Å². The Balaban J connectivity index is 2.01. The number of nitrogens with zero attached hydrogens (tertiary/aromatic N) is 3. The van der Waals surface area contributed by atoms with Crippen molar-refractivity contribution in [1.29, 1.82) is 0 Å². The van der Waals surface area contributed by atoms with E-state index in [-0.39, 0.29) is 10.8 Å². The molecule has 3 rings (SSSR count). The molecule has 0 atom stereocenters. The minimum absolute atomic E-state index is 0.256. The van der Waals surface area contributed by atoms with E-state index in [0.717, 1.165) is 12.1 Å². The molecule has 0 aliphatic carbocycles. The minimum atomic E-state index is -4.77. The van der Waals surface area contributed by atoms with Gasteiger partial charge in [-0.3, -0.25) is 14.0 Å². The SMILES string of the molecule is Cn1cc(-c2cn(-c3ccc(OC(F)(F)F)cc3)c(=O)cc2Cl)cn1. The van der Waals surface area contributed by atoms with Crippen LogP contribution in [0.5, 0.6) is 5.75 Å². The summed E-state index contributed by atoms with van der Waals surface area (Å²) in [5.41, 5.74) is 1.24. The summed E-state index contributed by atoms with van der Waals surface area (Å²) in [7, 11) is 1.74. The van der Waals surface area contributed by atoms with Crippen LogP contribution in [-0.4, -0.2) is 20.7 Å². The van der Waals surface area contributed by atoms with Crippen LogP contribution in [0.25, 0.3) is 16.8 Å². The maximum atomic E-state index is 12.2. The van der Waals surface area contributed by atoms with Crippen molar-refractivity contribution in [3.8, 4) is 22.6 Å². The first-order chi connectivity index (χ1) is 11.7. The molecule has 2 heterocycles. The van der Waals surface area contributed by atoms with Gasteiger partial charge in [-0.05, 0) is 24.3 Å². The van der Waals surface area contributed by atoms with Gasteiger partial charge in [-0.15, -0.1) is 13.2 Å². The highest BCUT2D eigenvalue weighted by molar-refractivity contribution is 6.33. The number of hydrogen-bond donors (Lipinski definition) is 0. The molecule has 130 valence electrons. The topological polar surface area (TPSA) is 49.0 Å². The zero-order chi connectivity index (χ0) is 18.2. The summed E-state index contributed by atoms with van der Waals surface area (Å²) in [4.78, 5) is 12.2. The number of pyridine rings is 1. The molecule has 25 heavy (non-hydrogen) atoms. The average Bonchev–Trinajstić information content (AvgIpc) is 2.93. The van der Waals surface area contributed by atoms with E-state index < -0.39 is 11.9 Å². The van der Waals surface area contributed by atoms with E-state index in [2.05, 4.69) is 9.84 Å². The zero-order valence-electron chi connectivity index (χ0n) is 12.8. The van der Waals surface area contributed by atoms with E-state index in [1.54, 1.807) is 24.1 Å². The van der Waals surface area contributed by atoms with Gasteiger partial charge in [-0.1, -0.05) is 11.6 Å². The Morgan fingerprint density at radius 1 is 1.16 bits per heavy atom. The van der Waals surface area contributed by atoms with Gasteiger partial charge in [0.05, 0.1) is 11.2 Å². The van der Waals surface area contributed by atoms with Crippen molar-refractivity contribution in [3.63, 3.8) is 0 Å². The normalized spacial score (nSPS) is 11.6. The Kier molecular flexibility index (Phi) is 4.30. The van der Waals surface area contributed by atoms with Crippen LogP contribution in [-0.2, 0) is 7.05 Å². The maximum Gasteiger partial charge on any atom is 0.573 e. The second kappa shape index (κ2) is 6.29. The van der Waals surface area contributed by atoms with Gasteiger partial charge in [0, 0.05) is 42.3 Å². The Morgan fingerprint density at radius 2 is 1.84 bits per heavy atom. The van der Waals surface area contributed by atoms with Gasteiger partial charge in [0.1, 0.15) is 5.75 Å². The number of benzene rings is 1. The molecule has 5 nitrogen and oxygen atoms in total. The molecule has 1 aromatic carbocycles. The molecule has 0 unspecified atom stereocenters. The molecule has 0 N–H and O–H groups in total. The number of hydrogen-bond acceptors (Lipinski definition) is 3. The van der Waals surface area contributed by atoms with Gasteiger partial charge >= 0.3 is 6.36 Å². The van der Waals surface area contributed by atoms with E-state index in [9.17, 15) is 18.0 Å². The van der Waals surface area contributed by atoms with Crippen LogP contribution in [0.3, 0.4) is 0 Å².